The molecule has 1 N–H and O–H groups in total. The Labute approximate surface area is 291 Å². The number of rotatable bonds is 7. The van der Waals surface area contributed by atoms with Crippen LogP contribution in [0.3, 0.4) is 0 Å². The summed E-state index contributed by atoms with van der Waals surface area (Å²) in [6, 6.07) is 10.8. The second kappa shape index (κ2) is 12.4. The third-order valence-corrected chi connectivity index (χ3v) is 12.3. The number of aliphatic imine (C=N–C) groups is 1. The standard InChI is InChI=1S/C35H42Cl2N6O3S/c1-21(2)28-29(32(46)42-22(3)5-11-26(42)31(45)40-15-16-41(17-18-44)35(20-40)13-14-35)47-33-39-34(4,24-8-12-27(37)38-19-24)30(43(28)33)23-6-9-25(36)10-7-23/h6-10,12,19,21-22,26,30,44H,5,11,13-18,20H2,1-4H3/t22-,26+,30-,34+/m1/s1. The van der Waals surface area contributed by atoms with Crippen molar-refractivity contribution in [2.24, 2.45) is 10.9 Å². The van der Waals surface area contributed by atoms with Crippen LogP contribution in [0.1, 0.15) is 70.5 Å². The smallest absolute Gasteiger partial charge is 0.263 e. The molecule has 250 valence electrons. The number of halogens is 2. The number of hydrogen-bond donors (Lipinski definition) is 1. The quantitative estimate of drug-likeness (QED) is 0.373. The van der Waals surface area contributed by atoms with Gasteiger partial charge in [0.25, 0.3) is 5.91 Å². The Balaban J connectivity index is 1.22. The van der Waals surface area contributed by atoms with Crippen molar-refractivity contribution in [1.82, 2.24) is 24.6 Å². The number of amides is 2. The van der Waals surface area contributed by atoms with E-state index in [0.29, 0.717) is 41.1 Å². The predicted molar refractivity (Wildman–Crippen MR) is 186 cm³/mol. The van der Waals surface area contributed by atoms with Crippen LogP contribution in [-0.4, -0.2) is 97.1 Å². The summed E-state index contributed by atoms with van der Waals surface area (Å²) >= 11 is 13.9. The topological polar surface area (TPSA) is 92.6 Å². The van der Waals surface area contributed by atoms with E-state index in [0.717, 1.165) is 47.8 Å². The zero-order valence-electron chi connectivity index (χ0n) is 27.3. The highest BCUT2D eigenvalue weighted by atomic mass is 35.5. The second-order valence-electron chi connectivity index (χ2n) is 14.1. The zero-order chi connectivity index (χ0) is 33.2. The Morgan fingerprint density at radius 3 is 2.47 bits per heavy atom. The van der Waals surface area contributed by atoms with Crippen molar-refractivity contribution in [1.29, 1.82) is 0 Å². The third kappa shape index (κ3) is 5.58. The summed E-state index contributed by atoms with van der Waals surface area (Å²) in [7, 11) is 0. The van der Waals surface area contributed by atoms with Crippen LogP contribution in [0.25, 0.3) is 0 Å². The van der Waals surface area contributed by atoms with Crippen molar-refractivity contribution in [3.05, 3.63) is 74.5 Å². The number of carbonyl (C=O) groups excluding carboxylic acids is 2. The maximum absolute atomic E-state index is 14.8. The number of piperazine rings is 1. The minimum Gasteiger partial charge on any atom is -0.395 e. The molecule has 1 aromatic heterocycles. The molecule has 9 nitrogen and oxygen atoms in total. The van der Waals surface area contributed by atoms with E-state index >= 15 is 0 Å². The maximum atomic E-state index is 14.8. The molecule has 1 saturated carbocycles. The fourth-order valence-electron chi connectivity index (χ4n) is 8.14. The first-order chi connectivity index (χ1) is 22.5. The van der Waals surface area contributed by atoms with E-state index in [2.05, 4.69) is 42.5 Å². The zero-order valence-corrected chi connectivity index (χ0v) is 29.7. The lowest BCUT2D eigenvalue weighted by Gasteiger charge is -2.43. The van der Waals surface area contributed by atoms with Crippen LogP contribution < -0.4 is 0 Å². The SMILES string of the molecule is CC(C)C1=C(C(=O)N2[C@H](C)CC[C@H]2C(=O)N2CCN(CCO)C3(CC3)C2)SC2=N[C@@](C)(c3ccc(Cl)nc3)[C@@H](c3ccc(Cl)cc3)N21. The number of carbonyl (C=O) groups is 2. The van der Waals surface area contributed by atoms with Gasteiger partial charge in [0.2, 0.25) is 5.91 Å². The van der Waals surface area contributed by atoms with Gasteiger partial charge in [-0.3, -0.25) is 14.5 Å². The van der Waals surface area contributed by atoms with E-state index < -0.39 is 11.6 Å². The van der Waals surface area contributed by atoms with Crippen LogP contribution in [0.4, 0.5) is 0 Å². The van der Waals surface area contributed by atoms with E-state index in [1.165, 1.54) is 11.8 Å². The van der Waals surface area contributed by atoms with Gasteiger partial charge in [0.15, 0.2) is 5.17 Å². The lowest BCUT2D eigenvalue weighted by Crippen LogP contribution is -2.60. The average molecular weight is 698 g/mol. The van der Waals surface area contributed by atoms with Crippen molar-refractivity contribution < 1.29 is 14.7 Å². The minimum absolute atomic E-state index is 0.0102. The van der Waals surface area contributed by atoms with Gasteiger partial charge in [0.1, 0.15) is 21.6 Å². The highest BCUT2D eigenvalue weighted by Crippen LogP contribution is 2.56. The molecule has 1 aromatic carbocycles. The first-order valence-corrected chi connectivity index (χ1v) is 18.2. The summed E-state index contributed by atoms with van der Waals surface area (Å²) in [5.41, 5.74) is 2.14. The normalized spacial score (nSPS) is 28.5. The van der Waals surface area contributed by atoms with Crippen LogP contribution in [0.5, 0.6) is 0 Å². The van der Waals surface area contributed by atoms with Gasteiger partial charge in [0, 0.05) is 60.2 Å². The molecule has 4 atom stereocenters. The molecule has 47 heavy (non-hydrogen) atoms. The summed E-state index contributed by atoms with van der Waals surface area (Å²) in [5, 5.41) is 11.4. The first kappa shape index (κ1) is 32.9. The van der Waals surface area contributed by atoms with Gasteiger partial charge in [-0.05, 0) is 81.0 Å². The number of amidine groups is 1. The number of hydrogen-bond acceptors (Lipinski definition) is 8. The van der Waals surface area contributed by atoms with E-state index in [1.807, 2.05) is 40.1 Å². The third-order valence-electron chi connectivity index (χ3n) is 10.7. The molecule has 0 radical (unpaired) electrons. The molecular weight excluding hydrogens is 655 g/mol. The predicted octanol–water partition coefficient (Wildman–Crippen LogP) is 5.68. The average Bonchev–Trinajstić information content (AvgIpc) is 3.40. The number of aliphatic hydroxyl groups excluding tert-OH is 1. The maximum Gasteiger partial charge on any atom is 0.263 e. The molecule has 2 saturated heterocycles. The highest BCUT2D eigenvalue weighted by molar-refractivity contribution is 8.18. The molecule has 7 rings (SSSR count). The Morgan fingerprint density at radius 1 is 1.09 bits per heavy atom. The van der Waals surface area contributed by atoms with Crippen LogP contribution in [-0.2, 0) is 15.1 Å². The summed E-state index contributed by atoms with van der Waals surface area (Å²) in [6.45, 7) is 11.2. The molecule has 4 aliphatic heterocycles. The van der Waals surface area contributed by atoms with Gasteiger partial charge in [-0.1, -0.05) is 55.2 Å². The molecule has 12 heteroatoms. The Hall–Kier alpha value is -2.63. The lowest BCUT2D eigenvalue weighted by molar-refractivity contribution is -0.145. The number of allylic oxidation sites excluding steroid dienone is 1. The Morgan fingerprint density at radius 2 is 1.83 bits per heavy atom. The lowest BCUT2D eigenvalue weighted by atomic mass is 9.81. The second-order valence-corrected chi connectivity index (χ2v) is 15.9. The van der Waals surface area contributed by atoms with Crippen LogP contribution >= 0.6 is 35.0 Å². The number of aromatic nitrogens is 1. The van der Waals surface area contributed by atoms with E-state index in [1.54, 1.807) is 12.3 Å². The fourth-order valence-corrected chi connectivity index (χ4v) is 9.73. The van der Waals surface area contributed by atoms with Gasteiger partial charge in [0.05, 0.1) is 12.6 Å². The van der Waals surface area contributed by atoms with Crippen LogP contribution in [0.15, 0.2) is 58.2 Å². The summed E-state index contributed by atoms with van der Waals surface area (Å²) in [4.78, 5) is 47.7. The molecule has 1 spiro atoms. The van der Waals surface area contributed by atoms with Gasteiger partial charge >= 0.3 is 0 Å². The number of β-amino-alcohol motifs (C(OH)–C–C–N with tert-alkyl or cyclic N) is 1. The number of thioether (sulfide) groups is 1. The highest BCUT2D eigenvalue weighted by Gasteiger charge is 2.56. The van der Waals surface area contributed by atoms with Crippen molar-refractivity contribution in [2.45, 2.75) is 82.6 Å². The molecule has 1 aliphatic carbocycles. The molecule has 2 aromatic rings. The number of benzene rings is 1. The number of fused-ring (bicyclic) bond motifs is 1. The van der Waals surface area contributed by atoms with Gasteiger partial charge in [-0.15, -0.1) is 0 Å². The number of pyridine rings is 1. The number of likely N-dealkylation sites (tertiary alicyclic amines) is 1. The fraction of sp³-hybridized carbons (Fsp3) is 0.543. The summed E-state index contributed by atoms with van der Waals surface area (Å²) < 4.78 is 0. The van der Waals surface area contributed by atoms with Crippen LogP contribution in [0, 0.1) is 5.92 Å². The first-order valence-electron chi connectivity index (χ1n) is 16.6. The minimum atomic E-state index is -0.709. The summed E-state index contributed by atoms with van der Waals surface area (Å²) in [5.74, 6) is -0.0352. The monoisotopic (exact) mass is 696 g/mol. The van der Waals surface area contributed by atoms with Crippen molar-refractivity contribution in [3.8, 4) is 0 Å². The van der Waals surface area contributed by atoms with Crippen molar-refractivity contribution >= 4 is 51.9 Å². The Bertz CT molecular complexity index is 1630. The molecular formula is C35H42Cl2N6O3S. The Kier molecular flexibility index (Phi) is 8.65. The summed E-state index contributed by atoms with van der Waals surface area (Å²) in [6.07, 6.45) is 5.31. The van der Waals surface area contributed by atoms with E-state index in [4.69, 9.17) is 28.2 Å². The molecule has 0 unspecified atom stereocenters. The molecule has 3 fully saturated rings. The number of aliphatic hydroxyl groups is 1. The van der Waals surface area contributed by atoms with Gasteiger partial charge < -0.3 is 19.8 Å². The van der Waals surface area contributed by atoms with Crippen molar-refractivity contribution in [2.75, 3.05) is 32.8 Å². The molecule has 2 amide bonds. The van der Waals surface area contributed by atoms with Crippen molar-refractivity contribution in [3.63, 3.8) is 0 Å². The van der Waals surface area contributed by atoms with Gasteiger partial charge in [-0.25, -0.2) is 9.98 Å². The largest absolute Gasteiger partial charge is 0.395 e. The molecule has 0 bridgehead atoms. The van der Waals surface area contributed by atoms with Crippen LogP contribution in [0.2, 0.25) is 10.2 Å². The number of nitrogens with zero attached hydrogens (tertiary/aromatic N) is 6. The van der Waals surface area contributed by atoms with Gasteiger partial charge in [-0.2, -0.15) is 0 Å². The molecule has 5 heterocycles. The van der Waals surface area contributed by atoms with E-state index in [9.17, 15) is 14.7 Å². The molecule has 5 aliphatic rings. The van der Waals surface area contributed by atoms with E-state index in [-0.39, 0.29) is 42.0 Å².